The highest BCUT2D eigenvalue weighted by Gasteiger charge is 2.42. The number of amides is 1. The van der Waals surface area contributed by atoms with Gasteiger partial charge in [0.15, 0.2) is 0 Å². The summed E-state index contributed by atoms with van der Waals surface area (Å²) in [4.78, 5) is 24.2. The Labute approximate surface area is 176 Å². The van der Waals surface area contributed by atoms with Gasteiger partial charge >= 0.3 is 12.1 Å². The quantitative estimate of drug-likeness (QED) is 0.724. The number of aliphatic carboxylic acids is 1. The lowest BCUT2D eigenvalue weighted by molar-refractivity contribution is -0.139. The molecule has 5 nitrogen and oxygen atoms in total. The van der Waals surface area contributed by atoms with Crippen molar-refractivity contribution in [2.45, 2.75) is 44.1 Å². The molecule has 5 heteroatoms. The number of alkyl carbamates (subject to hydrolysis) is 1. The first-order valence-corrected chi connectivity index (χ1v) is 10.9. The highest BCUT2D eigenvalue weighted by molar-refractivity contribution is 5.81. The van der Waals surface area contributed by atoms with E-state index in [0.29, 0.717) is 12.3 Å². The first-order chi connectivity index (χ1) is 14.6. The molecule has 2 aromatic rings. The Morgan fingerprint density at radius 2 is 1.63 bits per heavy atom. The molecule has 2 saturated carbocycles. The van der Waals surface area contributed by atoms with Crippen LogP contribution in [0.4, 0.5) is 4.79 Å². The van der Waals surface area contributed by atoms with Crippen LogP contribution < -0.4 is 5.32 Å². The average molecular weight is 405 g/mol. The predicted molar refractivity (Wildman–Crippen MR) is 113 cm³/mol. The van der Waals surface area contributed by atoms with Gasteiger partial charge in [-0.15, -0.1) is 0 Å². The molecule has 5 rings (SSSR count). The van der Waals surface area contributed by atoms with E-state index in [1.54, 1.807) is 0 Å². The number of benzene rings is 2. The van der Waals surface area contributed by atoms with Crippen molar-refractivity contribution >= 4 is 12.1 Å². The molecule has 3 aliphatic rings. The second-order valence-electron chi connectivity index (χ2n) is 9.03. The third kappa shape index (κ3) is 3.69. The minimum absolute atomic E-state index is 0.0310. The van der Waals surface area contributed by atoms with Gasteiger partial charge in [-0.1, -0.05) is 55.0 Å². The van der Waals surface area contributed by atoms with Crippen molar-refractivity contribution in [2.24, 2.45) is 17.8 Å². The zero-order chi connectivity index (χ0) is 20.7. The van der Waals surface area contributed by atoms with E-state index >= 15 is 0 Å². The van der Waals surface area contributed by atoms with Gasteiger partial charge in [0.1, 0.15) is 12.6 Å². The number of carbonyl (C=O) groups is 2. The Bertz CT molecular complexity index is 926. The van der Waals surface area contributed by atoms with Gasteiger partial charge in [-0.3, -0.25) is 0 Å². The third-order valence-electron chi connectivity index (χ3n) is 7.15. The zero-order valence-corrected chi connectivity index (χ0v) is 16.9. The van der Waals surface area contributed by atoms with Crippen molar-refractivity contribution in [1.29, 1.82) is 0 Å². The summed E-state index contributed by atoms with van der Waals surface area (Å²) in [5.41, 5.74) is 4.62. The van der Waals surface area contributed by atoms with E-state index in [9.17, 15) is 14.7 Å². The fourth-order valence-electron chi connectivity index (χ4n) is 5.50. The van der Waals surface area contributed by atoms with Crippen LogP contribution in [0.5, 0.6) is 0 Å². The normalized spacial score (nSPS) is 24.9. The molecule has 4 unspecified atom stereocenters. The number of rotatable bonds is 6. The van der Waals surface area contributed by atoms with Gasteiger partial charge in [0, 0.05) is 5.92 Å². The summed E-state index contributed by atoms with van der Waals surface area (Å²) in [6.07, 6.45) is 4.51. The molecule has 0 spiro atoms. The Balaban J connectivity index is 1.21. The fourth-order valence-corrected chi connectivity index (χ4v) is 5.50. The SMILES string of the molecule is O=C(NC(CC1CCC2CC2C1)C(=O)O)OCC1c2ccccc2-c2ccccc21. The van der Waals surface area contributed by atoms with E-state index in [4.69, 9.17) is 4.74 Å². The molecule has 30 heavy (non-hydrogen) atoms. The topological polar surface area (TPSA) is 75.6 Å². The Hall–Kier alpha value is -2.82. The van der Waals surface area contributed by atoms with Crippen LogP contribution in [0.1, 0.15) is 49.1 Å². The first kappa shape index (κ1) is 19.2. The molecule has 1 amide bonds. The molecule has 0 aliphatic heterocycles. The van der Waals surface area contributed by atoms with E-state index in [-0.39, 0.29) is 12.5 Å². The van der Waals surface area contributed by atoms with Crippen LogP contribution in [0.25, 0.3) is 11.1 Å². The number of carboxylic acid groups (broad SMARTS) is 1. The molecule has 0 radical (unpaired) electrons. The summed E-state index contributed by atoms with van der Waals surface area (Å²) in [5.74, 6) is 1.02. The van der Waals surface area contributed by atoms with Crippen LogP contribution in [0.3, 0.4) is 0 Å². The Morgan fingerprint density at radius 3 is 2.27 bits per heavy atom. The summed E-state index contributed by atoms with van der Waals surface area (Å²) in [7, 11) is 0. The van der Waals surface area contributed by atoms with E-state index in [1.165, 1.54) is 24.0 Å². The summed E-state index contributed by atoms with van der Waals surface area (Å²) in [6.45, 7) is 0.194. The average Bonchev–Trinajstić information content (AvgIpc) is 3.46. The number of ether oxygens (including phenoxy) is 1. The number of hydrogen-bond donors (Lipinski definition) is 2. The molecule has 3 aliphatic carbocycles. The third-order valence-corrected chi connectivity index (χ3v) is 7.15. The minimum Gasteiger partial charge on any atom is -0.480 e. The highest BCUT2D eigenvalue weighted by atomic mass is 16.5. The molecule has 2 aromatic carbocycles. The lowest BCUT2D eigenvalue weighted by Crippen LogP contribution is -2.43. The number of carboxylic acids is 1. The van der Waals surface area contributed by atoms with Crippen molar-refractivity contribution in [3.05, 3.63) is 59.7 Å². The van der Waals surface area contributed by atoms with Crippen LogP contribution >= 0.6 is 0 Å². The largest absolute Gasteiger partial charge is 0.480 e. The summed E-state index contributed by atoms with van der Waals surface area (Å²) < 4.78 is 5.53. The van der Waals surface area contributed by atoms with Crippen molar-refractivity contribution < 1.29 is 19.4 Å². The number of nitrogens with one attached hydrogen (secondary N) is 1. The standard InChI is InChI=1S/C25H27NO4/c27-24(28)23(12-15-9-10-16-13-17(16)11-15)26-25(29)30-14-22-20-7-3-1-5-18(20)19-6-2-4-8-21(19)22/h1-8,15-17,22-23H,9-14H2,(H,26,29)(H,27,28). The van der Waals surface area contributed by atoms with Gasteiger partial charge in [0.25, 0.3) is 0 Å². The maximum Gasteiger partial charge on any atom is 0.407 e. The van der Waals surface area contributed by atoms with Gasteiger partial charge in [-0.2, -0.15) is 0 Å². The van der Waals surface area contributed by atoms with E-state index in [2.05, 4.69) is 29.6 Å². The van der Waals surface area contributed by atoms with Crippen LogP contribution in [0.15, 0.2) is 48.5 Å². The van der Waals surface area contributed by atoms with Crippen molar-refractivity contribution in [3.8, 4) is 11.1 Å². The molecule has 2 fully saturated rings. The first-order valence-electron chi connectivity index (χ1n) is 10.9. The second kappa shape index (κ2) is 7.78. The molecular formula is C25H27NO4. The van der Waals surface area contributed by atoms with E-state index in [0.717, 1.165) is 35.8 Å². The van der Waals surface area contributed by atoms with Crippen molar-refractivity contribution in [3.63, 3.8) is 0 Å². The van der Waals surface area contributed by atoms with Gasteiger partial charge in [-0.05, 0) is 65.7 Å². The lowest BCUT2D eigenvalue weighted by atomic mass is 9.85. The van der Waals surface area contributed by atoms with E-state index < -0.39 is 18.1 Å². The number of hydrogen-bond acceptors (Lipinski definition) is 3. The molecule has 2 N–H and O–H groups in total. The molecule has 0 bridgehead atoms. The monoisotopic (exact) mass is 405 g/mol. The zero-order valence-electron chi connectivity index (χ0n) is 16.9. The summed E-state index contributed by atoms with van der Waals surface area (Å²) in [5, 5.41) is 12.2. The predicted octanol–water partition coefficient (Wildman–Crippen LogP) is 4.80. The molecular weight excluding hydrogens is 378 g/mol. The maximum absolute atomic E-state index is 12.5. The number of fused-ring (bicyclic) bond motifs is 4. The van der Waals surface area contributed by atoms with Crippen LogP contribution in [-0.2, 0) is 9.53 Å². The smallest absolute Gasteiger partial charge is 0.407 e. The van der Waals surface area contributed by atoms with Crippen LogP contribution in [0, 0.1) is 17.8 Å². The van der Waals surface area contributed by atoms with Crippen LogP contribution in [-0.4, -0.2) is 29.8 Å². The molecule has 156 valence electrons. The lowest BCUT2D eigenvalue weighted by Gasteiger charge is -2.25. The van der Waals surface area contributed by atoms with E-state index in [1.807, 2.05) is 24.3 Å². The minimum atomic E-state index is -0.985. The number of carbonyl (C=O) groups excluding carboxylic acids is 1. The van der Waals surface area contributed by atoms with Gasteiger partial charge in [-0.25, -0.2) is 9.59 Å². The Kier molecular flexibility index (Phi) is 4.97. The van der Waals surface area contributed by atoms with Crippen LogP contribution in [0.2, 0.25) is 0 Å². The fraction of sp³-hybridized carbons (Fsp3) is 0.440. The molecule has 0 saturated heterocycles. The molecule has 4 atom stereocenters. The molecule has 0 heterocycles. The highest BCUT2D eigenvalue weighted by Crippen LogP contribution is 2.52. The molecule has 0 aromatic heterocycles. The summed E-state index contributed by atoms with van der Waals surface area (Å²) in [6, 6.07) is 15.4. The van der Waals surface area contributed by atoms with Crippen molar-refractivity contribution in [1.82, 2.24) is 5.32 Å². The van der Waals surface area contributed by atoms with Gasteiger partial charge < -0.3 is 15.2 Å². The second-order valence-corrected chi connectivity index (χ2v) is 9.03. The van der Waals surface area contributed by atoms with Crippen molar-refractivity contribution in [2.75, 3.05) is 6.61 Å². The van der Waals surface area contributed by atoms with Gasteiger partial charge in [0.2, 0.25) is 0 Å². The maximum atomic E-state index is 12.5. The summed E-state index contributed by atoms with van der Waals surface area (Å²) >= 11 is 0. The van der Waals surface area contributed by atoms with Gasteiger partial charge in [0.05, 0.1) is 0 Å². The Morgan fingerprint density at radius 1 is 0.967 bits per heavy atom.